The Hall–Kier alpha value is -1.69. The molecule has 1 fully saturated rings. The second kappa shape index (κ2) is 5.75. The minimum absolute atomic E-state index is 0.0254. The molecule has 0 saturated heterocycles. The molecule has 1 atom stereocenters. The molecule has 1 heterocycles. The molecule has 1 aromatic heterocycles. The lowest BCUT2D eigenvalue weighted by molar-refractivity contribution is 0.0898. The Balaban J connectivity index is 2.11. The number of aromatic nitrogens is 2. The van der Waals surface area contributed by atoms with E-state index in [0.717, 1.165) is 12.8 Å². The molecule has 1 saturated carbocycles. The number of amides is 1. The molecule has 20 heavy (non-hydrogen) atoms. The van der Waals surface area contributed by atoms with E-state index in [4.69, 9.17) is 0 Å². The summed E-state index contributed by atoms with van der Waals surface area (Å²) in [5.74, 6) is 0.472. The Bertz CT molecular complexity index is 561. The smallest absolute Gasteiger partial charge is 0.264 e. The Morgan fingerprint density at radius 3 is 2.65 bits per heavy atom. The van der Waals surface area contributed by atoms with Gasteiger partial charge in [-0.05, 0) is 25.7 Å². The molecule has 0 spiro atoms. The average molecular weight is 279 g/mol. The zero-order valence-electron chi connectivity index (χ0n) is 12.1. The van der Waals surface area contributed by atoms with Crippen molar-refractivity contribution >= 4 is 5.91 Å². The van der Waals surface area contributed by atoms with Crippen molar-refractivity contribution < 1.29 is 9.90 Å². The number of nitrogens with zero attached hydrogens (tertiary/aromatic N) is 1. The Morgan fingerprint density at radius 1 is 1.50 bits per heavy atom. The second-order valence-electron chi connectivity index (χ2n) is 5.68. The number of hydrogen-bond acceptors (Lipinski definition) is 4. The summed E-state index contributed by atoms with van der Waals surface area (Å²) >= 11 is 0. The fourth-order valence-electron chi connectivity index (χ4n) is 2.08. The molecular weight excluding hydrogens is 258 g/mol. The summed E-state index contributed by atoms with van der Waals surface area (Å²) in [5.41, 5.74) is 0.00729. The number of carbonyl (C=O) groups is 1. The molecule has 6 heteroatoms. The van der Waals surface area contributed by atoms with Crippen LogP contribution in [-0.2, 0) is 0 Å². The van der Waals surface area contributed by atoms with Gasteiger partial charge in [-0.2, -0.15) is 0 Å². The van der Waals surface area contributed by atoms with Crippen LogP contribution in [0.4, 0.5) is 0 Å². The van der Waals surface area contributed by atoms with E-state index in [1.165, 1.54) is 0 Å². The van der Waals surface area contributed by atoms with E-state index < -0.39 is 17.6 Å². The normalized spacial score (nSPS) is 16.2. The molecule has 1 aliphatic carbocycles. The number of aliphatic hydroxyl groups excluding tert-OH is 1. The lowest BCUT2D eigenvalue weighted by Crippen LogP contribution is -2.37. The predicted octanol–water partition coefficient (Wildman–Crippen LogP) is 0.702. The van der Waals surface area contributed by atoms with Crippen molar-refractivity contribution in [1.29, 1.82) is 0 Å². The van der Waals surface area contributed by atoms with Crippen molar-refractivity contribution in [2.24, 2.45) is 5.92 Å². The van der Waals surface area contributed by atoms with Crippen LogP contribution in [0.15, 0.2) is 4.79 Å². The zero-order chi connectivity index (χ0) is 14.9. The molecule has 0 radical (unpaired) electrons. The van der Waals surface area contributed by atoms with E-state index in [0.29, 0.717) is 11.5 Å². The maximum Gasteiger partial charge on any atom is 0.264 e. The first-order valence-corrected chi connectivity index (χ1v) is 6.97. The van der Waals surface area contributed by atoms with Gasteiger partial charge >= 0.3 is 0 Å². The lowest BCUT2D eigenvalue weighted by Gasteiger charge is -2.12. The van der Waals surface area contributed by atoms with Crippen LogP contribution in [0.3, 0.4) is 0 Å². The van der Waals surface area contributed by atoms with Crippen molar-refractivity contribution in [2.45, 2.75) is 45.6 Å². The third-order valence-corrected chi connectivity index (χ3v) is 3.53. The lowest BCUT2D eigenvalue weighted by atomic mass is 10.1. The monoisotopic (exact) mass is 279 g/mol. The summed E-state index contributed by atoms with van der Waals surface area (Å²) in [6.45, 7) is 5.66. The molecular formula is C14H21N3O3. The van der Waals surface area contributed by atoms with E-state index in [2.05, 4.69) is 15.3 Å². The van der Waals surface area contributed by atoms with Crippen LogP contribution in [0.1, 0.15) is 54.5 Å². The van der Waals surface area contributed by atoms with Crippen LogP contribution in [0, 0.1) is 12.8 Å². The van der Waals surface area contributed by atoms with Crippen LogP contribution < -0.4 is 10.9 Å². The molecule has 3 N–H and O–H groups in total. The molecule has 0 aliphatic heterocycles. The van der Waals surface area contributed by atoms with Gasteiger partial charge in [0.25, 0.3) is 11.5 Å². The van der Waals surface area contributed by atoms with Gasteiger partial charge in [-0.3, -0.25) is 9.59 Å². The number of H-pyrrole nitrogens is 1. The van der Waals surface area contributed by atoms with Crippen molar-refractivity contribution in [3.63, 3.8) is 0 Å². The Morgan fingerprint density at radius 2 is 2.15 bits per heavy atom. The first kappa shape index (κ1) is 14.7. The highest BCUT2D eigenvalue weighted by molar-refractivity contribution is 5.94. The van der Waals surface area contributed by atoms with Crippen LogP contribution in [0.5, 0.6) is 0 Å². The second-order valence-corrected chi connectivity index (χ2v) is 5.68. The van der Waals surface area contributed by atoms with Crippen LogP contribution in [0.25, 0.3) is 0 Å². The largest absolute Gasteiger partial charge is 0.391 e. The molecule has 110 valence electrons. The van der Waals surface area contributed by atoms with E-state index in [1.807, 2.05) is 13.8 Å². The van der Waals surface area contributed by atoms with E-state index in [9.17, 15) is 14.7 Å². The topological polar surface area (TPSA) is 95.1 Å². The fraction of sp³-hybridized carbons (Fsp3) is 0.643. The van der Waals surface area contributed by atoms with Crippen molar-refractivity contribution in [2.75, 3.05) is 6.54 Å². The molecule has 1 aliphatic rings. The first-order chi connectivity index (χ1) is 9.40. The van der Waals surface area contributed by atoms with Gasteiger partial charge in [-0.25, -0.2) is 4.98 Å². The average Bonchev–Trinajstić information content (AvgIpc) is 3.19. The standard InChI is InChI=1S/C14H21N3O3/c1-7(2)12-16-8(3)11(14(20)17-12)13(19)15-6-10(18)9-4-5-9/h7,9-10,18H,4-6H2,1-3H3,(H,15,19)(H,16,17,20). The van der Waals surface area contributed by atoms with Gasteiger partial charge in [0.05, 0.1) is 11.8 Å². The molecule has 2 rings (SSSR count). The number of hydrogen-bond donors (Lipinski definition) is 3. The predicted molar refractivity (Wildman–Crippen MR) is 74.7 cm³/mol. The van der Waals surface area contributed by atoms with Crippen LogP contribution >= 0.6 is 0 Å². The van der Waals surface area contributed by atoms with Gasteiger partial charge in [0.15, 0.2) is 0 Å². The van der Waals surface area contributed by atoms with Gasteiger partial charge in [-0.15, -0.1) is 0 Å². The molecule has 1 unspecified atom stereocenters. The minimum atomic E-state index is -0.527. The summed E-state index contributed by atoms with van der Waals surface area (Å²) in [6.07, 6.45) is 1.48. The molecule has 6 nitrogen and oxygen atoms in total. The number of aliphatic hydroxyl groups is 1. The van der Waals surface area contributed by atoms with Gasteiger partial charge in [0.1, 0.15) is 11.4 Å². The Labute approximate surface area is 117 Å². The minimum Gasteiger partial charge on any atom is -0.391 e. The zero-order valence-corrected chi connectivity index (χ0v) is 12.1. The van der Waals surface area contributed by atoms with E-state index in [1.54, 1.807) is 6.92 Å². The van der Waals surface area contributed by atoms with Gasteiger partial charge in [-0.1, -0.05) is 13.8 Å². The Kier molecular flexibility index (Phi) is 4.23. The van der Waals surface area contributed by atoms with Crippen molar-refractivity contribution in [3.8, 4) is 0 Å². The molecule has 1 aromatic rings. The maximum atomic E-state index is 12.0. The van der Waals surface area contributed by atoms with Crippen LogP contribution in [-0.4, -0.2) is 33.6 Å². The molecule has 0 aromatic carbocycles. The quantitative estimate of drug-likeness (QED) is 0.739. The van der Waals surface area contributed by atoms with Gasteiger partial charge in [0, 0.05) is 12.5 Å². The molecule has 1 amide bonds. The number of aromatic amines is 1. The number of aryl methyl sites for hydroxylation is 1. The number of rotatable bonds is 5. The SMILES string of the molecule is Cc1nc(C(C)C)[nH]c(=O)c1C(=O)NCC(O)C1CC1. The summed E-state index contributed by atoms with van der Waals surface area (Å²) in [6, 6.07) is 0. The summed E-state index contributed by atoms with van der Waals surface area (Å²) < 4.78 is 0. The summed E-state index contributed by atoms with van der Waals surface area (Å²) in [5, 5.41) is 12.3. The maximum absolute atomic E-state index is 12.0. The van der Waals surface area contributed by atoms with Crippen molar-refractivity contribution in [3.05, 3.63) is 27.4 Å². The molecule has 0 bridgehead atoms. The van der Waals surface area contributed by atoms with Crippen molar-refractivity contribution in [1.82, 2.24) is 15.3 Å². The first-order valence-electron chi connectivity index (χ1n) is 6.97. The summed E-state index contributed by atoms with van der Waals surface area (Å²) in [4.78, 5) is 30.9. The van der Waals surface area contributed by atoms with E-state index in [-0.39, 0.29) is 23.9 Å². The van der Waals surface area contributed by atoms with Gasteiger partial charge in [0.2, 0.25) is 0 Å². The third-order valence-electron chi connectivity index (χ3n) is 3.53. The third kappa shape index (κ3) is 3.25. The highest BCUT2D eigenvalue weighted by atomic mass is 16.3. The fourth-order valence-corrected chi connectivity index (χ4v) is 2.08. The van der Waals surface area contributed by atoms with Gasteiger partial charge < -0.3 is 15.4 Å². The highest BCUT2D eigenvalue weighted by Crippen LogP contribution is 2.32. The number of nitrogens with one attached hydrogen (secondary N) is 2. The summed E-state index contributed by atoms with van der Waals surface area (Å²) in [7, 11) is 0. The highest BCUT2D eigenvalue weighted by Gasteiger charge is 2.30. The number of carbonyl (C=O) groups excluding carboxylic acids is 1. The van der Waals surface area contributed by atoms with E-state index >= 15 is 0 Å². The van der Waals surface area contributed by atoms with Crippen LogP contribution in [0.2, 0.25) is 0 Å².